The summed E-state index contributed by atoms with van der Waals surface area (Å²) in [5.41, 5.74) is 3.10. The summed E-state index contributed by atoms with van der Waals surface area (Å²) in [5, 5.41) is 0. The van der Waals surface area contributed by atoms with E-state index in [9.17, 15) is 9.59 Å². The third-order valence-corrected chi connectivity index (χ3v) is 4.38. The van der Waals surface area contributed by atoms with Crippen LogP contribution >= 0.6 is 0 Å². The van der Waals surface area contributed by atoms with Crippen LogP contribution in [0.3, 0.4) is 0 Å². The molecular weight excluding hydrogens is 254 g/mol. The summed E-state index contributed by atoms with van der Waals surface area (Å²) < 4.78 is 2.30. The van der Waals surface area contributed by atoms with Gasteiger partial charge >= 0.3 is 0 Å². The van der Waals surface area contributed by atoms with Crippen molar-refractivity contribution in [2.24, 2.45) is 0 Å². The van der Waals surface area contributed by atoms with Gasteiger partial charge in [-0.3, -0.25) is 9.59 Å². The summed E-state index contributed by atoms with van der Waals surface area (Å²) in [7, 11) is 0. The molecule has 1 aromatic rings. The molecule has 1 aliphatic carbocycles. The highest BCUT2D eigenvalue weighted by molar-refractivity contribution is 5.95. The number of hydrogen-bond donors (Lipinski definition) is 0. The van der Waals surface area contributed by atoms with Crippen LogP contribution in [0.2, 0.25) is 0 Å². The molecule has 1 saturated carbocycles. The van der Waals surface area contributed by atoms with Gasteiger partial charge in [0.15, 0.2) is 0 Å². The van der Waals surface area contributed by atoms with Crippen LogP contribution in [-0.2, 0) is 4.79 Å². The van der Waals surface area contributed by atoms with Crippen LogP contribution in [0, 0.1) is 13.8 Å². The van der Waals surface area contributed by atoms with Crippen LogP contribution in [0.4, 0.5) is 0 Å². The first-order chi connectivity index (χ1) is 9.61. The summed E-state index contributed by atoms with van der Waals surface area (Å²) in [6, 6.07) is 2.62. The number of piperazine rings is 1. The normalized spacial score (nSPS) is 19.3. The highest BCUT2D eigenvalue weighted by atomic mass is 16.2. The maximum Gasteiger partial charge on any atom is 0.255 e. The van der Waals surface area contributed by atoms with Gasteiger partial charge < -0.3 is 14.4 Å². The highest BCUT2D eigenvalue weighted by Crippen LogP contribution is 2.38. The van der Waals surface area contributed by atoms with E-state index in [0.29, 0.717) is 32.2 Å². The minimum absolute atomic E-state index is 0.107. The topological polar surface area (TPSA) is 45.6 Å². The molecule has 1 aliphatic heterocycles. The van der Waals surface area contributed by atoms with Gasteiger partial charge in [-0.05, 0) is 32.8 Å². The van der Waals surface area contributed by atoms with Gasteiger partial charge in [0.05, 0.1) is 5.56 Å². The van der Waals surface area contributed by atoms with Crippen molar-refractivity contribution < 1.29 is 9.59 Å². The van der Waals surface area contributed by atoms with Crippen molar-refractivity contribution in [3.8, 4) is 0 Å². The first kappa shape index (κ1) is 13.2. The third kappa shape index (κ3) is 2.21. The van der Waals surface area contributed by atoms with Crippen LogP contribution < -0.4 is 0 Å². The molecule has 108 valence electrons. The van der Waals surface area contributed by atoms with Gasteiger partial charge in [-0.25, -0.2) is 0 Å². The summed E-state index contributed by atoms with van der Waals surface area (Å²) in [4.78, 5) is 26.9. The van der Waals surface area contributed by atoms with Gasteiger partial charge in [0, 0.05) is 43.6 Å². The smallest absolute Gasteiger partial charge is 0.255 e. The molecule has 2 fully saturated rings. The second-order valence-corrected chi connectivity index (χ2v) is 5.82. The Morgan fingerprint density at radius 2 is 1.85 bits per heavy atom. The average molecular weight is 275 g/mol. The second-order valence-electron chi connectivity index (χ2n) is 5.82. The lowest BCUT2D eigenvalue weighted by Crippen LogP contribution is -2.48. The van der Waals surface area contributed by atoms with Crippen molar-refractivity contribution in [2.45, 2.75) is 32.7 Å². The van der Waals surface area contributed by atoms with Crippen LogP contribution in [0.15, 0.2) is 6.07 Å². The molecule has 3 rings (SSSR count). The number of carbonyl (C=O) groups excluding carboxylic acids is 2. The Kier molecular flexibility index (Phi) is 3.28. The lowest BCUT2D eigenvalue weighted by molar-refractivity contribution is -0.119. The number of hydrogen-bond acceptors (Lipinski definition) is 2. The Balaban J connectivity index is 1.77. The van der Waals surface area contributed by atoms with Crippen molar-refractivity contribution in [1.29, 1.82) is 0 Å². The fourth-order valence-corrected chi connectivity index (χ4v) is 3.09. The predicted octanol–water partition coefficient (Wildman–Crippen LogP) is 1.35. The largest absolute Gasteiger partial charge is 0.345 e. The molecule has 0 aromatic carbocycles. The van der Waals surface area contributed by atoms with Gasteiger partial charge in [0.2, 0.25) is 6.41 Å². The zero-order valence-corrected chi connectivity index (χ0v) is 12.1. The van der Waals surface area contributed by atoms with Crippen molar-refractivity contribution >= 4 is 12.3 Å². The van der Waals surface area contributed by atoms with Crippen molar-refractivity contribution in [3.05, 3.63) is 23.0 Å². The number of aromatic nitrogens is 1. The molecule has 0 spiro atoms. The van der Waals surface area contributed by atoms with Gasteiger partial charge in [-0.15, -0.1) is 0 Å². The summed E-state index contributed by atoms with van der Waals surface area (Å²) in [5.74, 6) is 0.107. The van der Waals surface area contributed by atoms with Gasteiger partial charge in [-0.1, -0.05) is 0 Å². The molecular formula is C15H21N3O2. The standard InChI is InChI=1S/C15H21N3O2/c1-11-9-14(12(2)18(11)13-3-4-13)15(20)17-7-5-16(10-19)6-8-17/h9-10,13H,3-8H2,1-2H3. The van der Waals surface area contributed by atoms with E-state index in [-0.39, 0.29) is 5.91 Å². The van der Waals surface area contributed by atoms with Gasteiger partial charge in [0.25, 0.3) is 5.91 Å². The van der Waals surface area contributed by atoms with Crippen molar-refractivity contribution in [1.82, 2.24) is 14.4 Å². The number of nitrogens with zero attached hydrogens (tertiary/aromatic N) is 3. The Morgan fingerprint density at radius 3 is 2.40 bits per heavy atom. The van der Waals surface area contributed by atoms with Crippen molar-refractivity contribution in [3.63, 3.8) is 0 Å². The predicted molar refractivity (Wildman–Crippen MR) is 75.7 cm³/mol. The quantitative estimate of drug-likeness (QED) is 0.782. The average Bonchev–Trinajstić information content (AvgIpc) is 3.24. The summed E-state index contributed by atoms with van der Waals surface area (Å²) in [6.45, 7) is 6.65. The monoisotopic (exact) mass is 275 g/mol. The van der Waals surface area contributed by atoms with E-state index in [4.69, 9.17) is 0 Å². The molecule has 2 aliphatic rings. The number of rotatable bonds is 3. The zero-order chi connectivity index (χ0) is 14.3. The molecule has 5 heteroatoms. The fraction of sp³-hybridized carbons (Fsp3) is 0.600. The molecule has 1 aromatic heterocycles. The maximum atomic E-state index is 12.6. The molecule has 0 atom stereocenters. The first-order valence-corrected chi connectivity index (χ1v) is 7.29. The second kappa shape index (κ2) is 4.96. The Morgan fingerprint density at radius 1 is 1.20 bits per heavy atom. The lowest BCUT2D eigenvalue weighted by Gasteiger charge is -2.32. The van der Waals surface area contributed by atoms with E-state index in [2.05, 4.69) is 11.5 Å². The molecule has 0 unspecified atom stereocenters. The molecule has 20 heavy (non-hydrogen) atoms. The third-order valence-electron chi connectivity index (χ3n) is 4.38. The molecule has 1 saturated heterocycles. The van der Waals surface area contributed by atoms with E-state index < -0.39 is 0 Å². The van der Waals surface area contributed by atoms with E-state index in [1.807, 2.05) is 17.9 Å². The number of amides is 2. The molecule has 2 amide bonds. The van der Waals surface area contributed by atoms with Gasteiger partial charge in [-0.2, -0.15) is 0 Å². The van der Waals surface area contributed by atoms with E-state index in [0.717, 1.165) is 17.7 Å². The molecule has 2 heterocycles. The minimum atomic E-state index is 0.107. The number of carbonyl (C=O) groups is 2. The highest BCUT2D eigenvalue weighted by Gasteiger charge is 2.30. The first-order valence-electron chi connectivity index (χ1n) is 7.29. The summed E-state index contributed by atoms with van der Waals surface area (Å²) in [6.07, 6.45) is 3.31. The Hall–Kier alpha value is -1.78. The SMILES string of the molecule is Cc1cc(C(=O)N2CCN(C=O)CC2)c(C)n1C1CC1. The minimum Gasteiger partial charge on any atom is -0.345 e. The Bertz CT molecular complexity index is 538. The molecule has 0 N–H and O–H groups in total. The van der Waals surface area contributed by atoms with Crippen LogP contribution in [0.1, 0.15) is 40.6 Å². The lowest BCUT2D eigenvalue weighted by atomic mass is 10.2. The number of aryl methyl sites for hydroxylation is 1. The van der Waals surface area contributed by atoms with Gasteiger partial charge in [0.1, 0.15) is 0 Å². The van der Waals surface area contributed by atoms with E-state index in [1.54, 1.807) is 4.90 Å². The van der Waals surface area contributed by atoms with E-state index >= 15 is 0 Å². The molecule has 0 bridgehead atoms. The van der Waals surface area contributed by atoms with Crippen LogP contribution in [0.5, 0.6) is 0 Å². The zero-order valence-electron chi connectivity index (χ0n) is 12.1. The summed E-state index contributed by atoms with van der Waals surface area (Å²) >= 11 is 0. The molecule has 0 radical (unpaired) electrons. The van der Waals surface area contributed by atoms with Crippen LogP contribution in [0.25, 0.3) is 0 Å². The van der Waals surface area contributed by atoms with Crippen molar-refractivity contribution in [2.75, 3.05) is 26.2 Å². The Labute approximate surface area is 119 Å². The van der Waals surface area contributed by atoms with Crippen LogP contribution in [-0.4, -0.2) is 52.9 Å². The molecule has 5 nitrogen and oxygen atoms in total. The maximum absolute atomic E-state index is 12.6. The fourth-order valence-electron chi connectivity index (χ4n) is 3.09. The van der Waals surface area contributed by atoms with E-state index in [1.165, 1.54) is 18.5 Å².